The van der Waals surface area contributed by atoms with Crippen LogP contribution in [0.2, 0.25) is 0 Å². The molecule has 1 aromatic rings. The molecule has 1 aromatic carbocycles. The van der Waals surface area contributed by atoms with E-state index in [9.17, 15) is 9.59 Å². The number of likely N-dealkylation sites (tertiary alicyclic amines) is 1. The standard InChI is InChI=1S/C16H19NO4S/c1-10-13-8-21-15(18)12(13)2-3-14(10)22-9-11-4-6-17(7-5-11)16(19)20/h2-3,11H,4-9H2,1H3,(H,19,20). The first-order chi connectivity index (χ1) is 10.6. The van der Waals surface area contributed by atoms with Crippen LogP contribution in [-0.2, 0) is 11.3 Å². The number of benzene rings is 1. The summed E-state index contributed by atoms with van der Waals surface area (Å²) in [6, 6.07) is 3.85. The monoisotopic (exact) mass is 321 g/mol. The number of hydrogen-bond acceptors (Lipinski definition) is 4. The quantitative estimate of drug-likeness (QED) is 0.684. The van der Waals surface area contributed by atoms with E-state index in [0.717, 1.165) is 29.7 Å². The second kappa shape index (κ2) is 6.20. The maximum Gasteiger partial charge on any atom is 0.407 e. The van der Waals surface area contributed by atoms with Gasteiger partial charge >= 0.3 is 12.1 Å². The lowest BCUT2D eigenvalue weighted by atomic mass is 9.99. The molecule has 0 aromatic heterocycles. The highest BCUT2D eigenvalue weighted by Gasteiger charge is 2.25. The van der Waals surface area contributed by atoms with Crippen LogP contribution in [0, 0.1) is 12.8 Å². The lowest BCUT2D eigenvalue weighted by molar-refractivity contribution is 0.0534. The number of carboxylic acid groups (broad SMARTS) is 1. The first-order valence-corrected chi connectivity index (χ1v) is 8.45. The molecule has 1 N–H and O–H groups in total. The van der Waals surface area contributed by atoms with Crippen LogP contribution in [0.5, 0.6) is 0 Å². The van der Waals surface area contributed by atoms with Crippen molar-refractivity contribution in [1.82, 2.24) is 4.90 Å². The highest BCUT2D eigenvalue weighted by Crippen LogP contribution is 2.33. The van der Waals surface area contributed by atoms with E-state index in [1.54, 1.807) is 11.8 Å². The summed E-state index contributed by atoms with van der Waals surface area (Å²) >= 11 is 1.80. The van der Waals surface area contributed by atoms with Gasteiger partial charge in [0.25, 0.3) is 0 Å². The molecule has 0 unspecified atom stereocenters. The zero-order valence-electron chi connectivity index (χ0n) is 12.5. The molecule has 2 aliphatic heterocycles. The molecule has 0 radical (unpaired) electrons. The molecule has 1 amide bonds. The number of hydrogen-bond donors (Lipinski definition) is 1. The molecule has 2 aliphatic rings. The Kier molecular flexibility index (Phi) is 4.29. The highest BCUT2D eigenvalue weighted by atomic mass is 32.2. The lowest BCUT2D eigenvalue weighted by Gasteiger charge is -2.29. The van der Waals surface area contributed by atoms with E-state index in [2.05, 4.69) is 0 Å². The summed E-state index contributed by atoms with van der Waals surface area (Å²) in [5.74, 6) is 1.31. The van der Waals surface area contributed by atoms with Gasteiger partial charge < -0.3 is 14.7 Å². The summed E-state index contributed by atoms with van der Waals surface area (Å²) in [5.41, 5.74) is 2.84. The third kappa shape index (κ3) is 2.92. The van der Waals surface area contributed by atoms with Crippen molar-refractivity contribution in [3.63, 3.8) is 0 Å². The minimum atomic E-state index is -0.815. The van der Waals surface area contributed by atoms with Crippen LogP contribution in [0.4, 0.5) is 4.79 Å². The number of esters is 1. The smallest absolute Gasteiger partial charge is 0.407 e. The van der Waals surface area contributed by atoms with Gasteiger partial charge in [0.15, 0.2) is 0 Å². The van der Waals surface area contributed by atoms with Crippen molar-refractivity contribution in [2.24, 2.45) is 5.92 Å². The molecule has 22 heavy (non-hydrogen) atoms. The molecule has 5 nitrogen and oxygen atoms in total. The normalized spacial score (nSPS) is 18.2. The second-order valence-electron chi connectivity index (χ2n) is 5.81. The van der Waals surface area contributed by atoms with Crippen molar-refractivity contribution in [3.05, 3.63) is 28.8 Å². The van der Waals surface area contributed by atoms with E-state index in [4.69, 9.17) is 9.84 Å². The topological polar surface area (TPSA) is 66.8 Å². The molecule has 0 atom stereocenters. The number of nitrogens with zero attached hydrogens (tertiary/aromatic N) is 1. The van der Waals surface area contributed by atoms with Gasteiger partial charge in [-0.05, 0) is 43.4 Å². The predicted octanol–water partition coefficient (Wildman–Crippen LogP) is 3.15. The van der Waals surface area contributed by atoms with Gasteiger partial charge in [0.2, 0.25) is 0 Å². The predicted molar refractivity (Wildman–Crippen MR) is 83.3 cm³/mol. The zero-order chi connectivity index (χ0) is 15.7. The number of piperidine rings is 1. The van der Waals surface area contributed by atoms with Crippen molar-refractivity contribution in [2.45, 2.75) is 31.3 Å². The van der Waals surface area contributed by atoms with E-state index < -0.39 is 6.09 Å². The molecule has 0 saturated carbocycles. The maximum absolute atomic E-state index is 11.5. The van der Waals surface area contributed by atoms with Crippen LogP contribution in [0.3, 0.4) is 0 Å². The van der Waals surface area contributed by atoms with Crippen molar-refractivity contribution in [2.75, 3.05) is 18.8 Å². The van der Waals surface area contributed by atoms with Gasteiger partial charge in [-0.3, -0.25) is 0 Å². The molecule has 2 heterocycles. The van der Waals surface area contributed by atoms with Gasteiger partial charge in [-0.25, -0.2) is 9.59 Å². The van der Waals surface area contributed by atoms with Gasteiger partial charge in [-0.15, -0.1) is 11.8 Å². The maximum atomic E-state index is 11.5. The van der Waals surface area contributed by atoms with Crippen LogP contribution in [-0.4, -0.2) is 40.9 Å². The largest absolute Gasteiger partial charge is 0.465 e. The van der Waals surface area contributed by atoms with Gasteiger partial charge in [0.1, 0.15) is 6.61 Å². The highest BCUT2D eigenvalue weighted by molar-refractivity contribution is 7.99. The molecule has 6 heteroatoms. The third-order valence-corrected chi connectivity index (χ3v) is 5.87. The fourth-order valence-corrected chi connectivity index (χ4v) is 4.24. The molecule has 1 fully saturated rings. The lowest BCUT2D eigenvalue weighted by Crippen LogP contribution is -2.37. The van der Waals surface area contributed by atoms with Crippen LogP contribution in [0.1, 0.15) is 34.3 Å². The van der Waals surface area contributed by atoms with Crippen molar-refractivity contribution in [3.8, 4) is 0 Å². The average molecular weight is 321 g/mol. The van der Waals surface area contributed by atoms with E-state index in [0.29, 0.717) is 31.2 Å². The Bertz CT molecular complexity index is 608. The summed E-state index contributed by atoms with van der Waals surface area (Å²) < 4.78 is 5.08. The molecule has 118 valence electrons. The summed E-state index contributed by atoms with van der Waals surface area (Å²) in [5, 5.41) is 8.96. The summed E-state index contributed by atoms with van der Waals surface area (Å²) in [4.78, 5) is 25.1. The zero-order valence-corrected chi connectivity index (χ0v) is 13.3. The van der Waals surface area contributed by atoms with E-state index in [-0.39, 0.29) is 5.97 Å². The van der Waals surface area contributed by atoms with E-state index in [1.165, 1.54) is 9.80 Å². The summed E-state index contributed by atoms with van der Waals surface area (Å²) in [6.45, 7) is 3.68. The number of carbonyl (C=O) groups is 2. The van der Waals surface area contributed by atoms with Crippen molar-refractivity contribution in [1.29, 1.82) is 0 Å². The number of cyclic esters (lactones) is 1. The number of carbonyl (C=O) groups excluding carboxylic acids is 1. The number of thioether (sulfide) groups is 1. The number of rotatable bonds is 3. The van der Waals surface area contributed by atoms with Crippen molar-refractivity contribution >= 4 is 23.8 Å². The fourth-order valence-electron chi connectivity index (χ4n) is 2.98. The molecule has 0 aliphatic carbocycles. The molecule has 1 saturated heterocycles. The van der Waals surface area contributed by atoms with E-state index >= 15 is 0 Å². The summed E-state index contributed by atoms with van der Waals surface area (Å²) in [6.07, 6.45) is 1.03. The number of ether oxygens (including phenoxy) is 1. The Morgan fingerprint density at radius 1 is 1.41 bits per heavy atom. The van der Waals surface area contributed by atoms with Crippen LogP contribution in [0.25, 0.3) is 0 Å². The van der Waals surface area contributed by atoms with Crippen LogP contribution >= 0.6 is 11.8 Å². The van der Waals surface area contributed by atoms with Gasteiger partial charge in [-0.2, -0.15) is 0 Å². The van der Waals surface area contributed by atoms with Gasteiger partial charge in [-0.1, -0.05) is 0 Å². The first-order valence-electron chi connectivity index (χ1n) is 7.46. The molecular formula is C16H19NO4S. The number of fused-ring (bicyclic) bond motifs is 1. The van der Waals surface area contributed by atoms with E-state index in [1.807, 2.05) is 19.1 Å². The Morgan fingerprint density at radius 2 is 2.14 bits per heavy atom. The van der Waals surface area contributed by atoms with Gasteiger partial charge in [0, 0.05) is 29.3 Å². The minimum Gasteiger partial charge on any atom is -0.465 e. The molecule has 0 spiro atoms. The average Bonchev–Trinajstić information content (AvgIpc) is 2.89. The SMILES string of the molecule is Cc1c(SCC2CCN(C(=O)O)CC2)ccc2c1COC2=O. The molecule has 3 rings (SSSR count). The number of amides is 1. The Hall–Kier alpha value is -1.69. The van der Waals surface area contributed by atoms with Gasteiger partial charge in [0.05, 0.1) is 5.56 Å². The Labute approximate surface area is 133 Å². The van der Waals surface area contributed by atoms with Crippen LogP contribution in [0.15, 0.2) is 17.0 Å². The van der Waals surface area contributed by atoms with Crippen LogP contribution < -0.4 is 0 Å². The molecule has 0 bridgehead atoms. The first kappa shape index (κ1) is 15.2. The minimum absolute atomic E-state index is 0.226. The fraction of sp³-hybridized carbons (Fsp3) is 0.500. The molecular weight excluding hydrogens is 302 g/mol. The summed E-state index contributed by atoms with van der Waals surface area (Å²) in [7, 11) is 0. The Balaban J connectivity index is 1.59. The van der Waals surface area contributed by atoms with Crippen molar-refractivity contribution < 1.29 is 19.4 Å². The third-order valence-electron chi connectivity index (χ3n) is 4.48. The second-order valence-corrected chi connectivity index (χ2v) is 6.88. The Morgan fingerprint density at radius 3 is 2.82 bits per heavy atom.